The number of anilines is 1. The molecular weight excluding hydrogens is 354 g/mol. The summed E-state index contributed by atoms with van der Waals surface area (Å²) in [6.07, 6.45) is 13.0. The van der Waals surface area contributed by atoms with Gasteiger partial charge in [-0.1, -0.05) is 36.9 Å². The van der Waals surface area contributed by atoms with Gasteiger partial charge in [-0.3, -0.25) is 0 Å². The molecule has 0 saturated heterocycles. The predicted molar refractivity (Wildman–Crippen MR) is 113 cm³/mol. The Morgan fingerprint density at radius 1 is 1.41 bits per heavy atom. The fraction of sp³-hybridized carbons (Fsp3) is 0.286. The van der Waals surface area contributed by atoms with E-state index in [0.717, 1.165) is 35.5 Å². The Bertz CT molecular complexity index is 993. The topological polar surface area (TPSA) is 55.6 Å². The molecule has 1 aliphatic rings. The molecule has 0 radical (unpaired) electrons. The van der Waals surface area contributed by atoms with E-state index in [1.165, 1.54) is 17.7 Å². The molecule has 0 aliphatic heterocycles. The zero-order chi connectivity index (χ0) is 18.6. The molecule has 138 valence electrons. The number of fused-ring (bicyclic) bond motifs is 1. The molecule has 1 aliphatic carbocycles. The van der Waals surface area contributed by atoms with Crippen LogP contribution >= 0.6 is 11.3 Å². The summed E-state index contributed by atoms with van der Waals surface area (Å²) in [5.74, 6) is 1.60. The maximum Gasteiger partial charge on any atom is 0.224 e. The van der Waals surface area contributed by atoms with Crippen LogP contribution in [0.15, 0.2) is 54.6 Å². The van der Waals surface area contributed by atoms with Gasteiger partial charge in [-0.25, -0.2) is 9.97 Å². The van der Waals surface area contributed by atoms with Crippen molar-refractivity contribution in [1.82, 2.24) is 19.5 Å². The first-order chi connectivity index (χ1) is 13.3. The number of nitrogens with zero attached hydrogens (tertiary/aromatic N) is 4. The van der Waals surface area contributed by atoms with Gasteiger partial charge in [0, 0.05) is 23.0 Å². The van der Waals surface area contributed by atoms with Crippen LogP contribution in [0.5, 0.6) is 0 Å². The van der Waals surface area contributed by atoms with Crippen molar-refractivity contribution in [3.05, 3.63) is 65.3 Å². The normalized spacial score (nSPS) is 14.9. The molecule has 5 nitrogen and oxygen atoms in total. The number of imidazole rings is 1. The summed E-state index contributed by atoms with van der Waals surface area (Å²) in [5.41, 5.74) is 2.78. The highest BCUT2D eigenvalue weighted by Crippen LogP contribution is 2.40. The molecule has 6 heteroatoms. The first-order valence-corrected chi connectivity index (χ1v) is 10.1. The Kier molecular flexibility index (Phi) is 5.16. The van der Waals surface area contributed by atoms with Crippen molar-refractivity contribution in [2.24, 2.45) is 0 Å². The van der Waals surface area contributed by atoms with Crippen LogP contribution in [-0.2, 0) is 6.42 Å². The van der Waals surface area contributed by atoms with Crippen LogP contribution in [0.1, 0.15) is 36.5 Å². The number of hydrogen-bond acceptors (Lipinski definition) is 5. The summed E-state index contributed by atoms with van der Waals surface area (Å²) in [5, 5.41) is 5.45. The lowest BCUT2D eigenvalue weighted by Gasteiger charge is -2.08. The van der Waals surface area contributed by atoms with Gasteiger partial charge in [-0.2, -0.15) is 4.98 Å². The van der Waals surface area contributed by atoms with Gasteiger partial charge in [0.15, 0.2) is 5.65 Å². The minimum Gasteiger partial charge on any atom is -0.354 e. The molecule has 4 rings (SSSR count). The third kappa shape index (κ3) is 3.85. The quantitative estimate of drug-likeness (QED) is 0.560. The molecule has 3 aromatic rings. The van der Waals surface area contributed by atoms with E-state index in [-0.39, 0.29) is 0 Å². The largest absolute Gasteiger partial charge is 0.354 e. The maximum atomic E-state index is 4.82. The number of aromatic nitrogens is 4. The summed E-state index contributed by atoms with van der Waals surface area (Å²) in [7, 11) is 0. The van der Waals surface area contributed by atoms with Gasteiger partial charge in [0.05, 0.1) is 6.20 Å². The van der Waals surface area contributed by atoms with Crippen LogP contribution in [0.25, 0.3) is 16.7 Å². The van der Waals surface area contributed by atoms with Crippen molar-refractivity contribution >= 4 is 34.0 Å². The summed E-state index contributed by atoms with van der Waals surface area (Å²) >= 11 is 1.78. The summed E-state index contributed by atoms with van der Waals surface area (Å²) in [6, 6.07) is 4.70. The summed E-state index contributed by atoms with van der Waals surface area (Å²) in [6.45, 7) is 6.66. The first kappa shape index (κ1) is 17.7. The highest BCUT2D eigenvalue weighted by atomic mass is 32.1. The molecular formula is C21H23N5S. The van der Waals surface area contributed by atoms with E-state index < -0.39 is 0 Å². The fourth-order valence-electron chi connectivity index (χ4n) is 3.12. The minimum absolute atomic E-state index is 0.470. The molecule has 0 bridgehead atoms. The van der Waals surface area contributed by atoms with Crippen LogP contribution < -0.4 is 5.32 Å². The molecule has 3 aromatic heterocycles. The van der Waals surface area contributed by atoms with Crippen LogP contribution in [0.3, 0.4) is 0 Å². The molecule has 0 aromatic carbocycles. The molecule has 3 heterocycles. The number of hydrogen-bond donors (Lipinski definition) is 1. The van der Waals surface area contributed by atoms with Crippen molar-refractivity contribution in [1.29, 1.82) is 0 Å². The van der Waals surface area contributed by atoms with Crippen molar-refractivity contribution in [3.63, 3.8) is 0 Å². The van der Waals surface area contributed by atoms with Gasteiger partial charge in [0.2, 0.25) is 5.95 Å². The molecule has 1 saturated carbocycles. The second-order valence-corrected chi connectivity index (χ2v) is 7.59. The van der Waals surface area contributed by atoms with Crippen LogP contribution in [0, 0.1) is 0 Å². The molecule has 0 atom stereocenters. The van der Waals surface area contributed by atoms with Crippen molar-refractivity contribution in [2.75, 3.05) is 11.9 Å². The van der Waals surface area contributed by atoms with E-state index in [1.807, 2.05) is 25.3 Å². The predicted octanol–water partition coefficient (Wildman–Crippen LogP) is 5.02. The number of nitrogens with one attached hydrogen (secondary N) is 1. The molecule has 0 unspecified atom stereocenters. The van der Waals surface area contributed by atoms with E-state index in [2.05, 4.69) is 45.0 Å². The lowest BCUT2D eigenvalue weighted by atomic mass is 10.2. The third-order valence-corrected chi connectivity index (χ3v) is 5.42. The van der Waals surface area contributed by atoms with Crippen molar-refractivity contribution in [3.8, 4) is 0 Å². The van der Waals surface area contributed by atoms with Gasteiger partial charge >= 0.3 is 0 Å². The zero-order valence-corrected chi connectivity index (χ0v) is 16.2. The van der Waals surface area contributed by atoms with E-state index in [0.29, 0.717) is 12.0 Å². The molecule has 27 heavy (non-hydrogen) atoms. The smallest absolute Gasteiger partial charge is 0.224 e. The van der Waals surface area contributed by atoms with Crippen molar-refractivity contribution in [2.45, 2.75) is 32.2 Å². The fourth-order valence-corrected chi connectivity index (χ4v) is 3.83. The summed E-state index contributed by atoms with van der Waals surface area (Å²) < 4.78 is 2.26. The Labute approximate surface area is 163 Å². The van der Waals surface area contributed by atoms with E-state index in [9.17, 15) is 0 Å². The summed E-state index contributed by atoms with van der Waals surface area (Å²) in [4.78, 5) is 15.4. The van der Waals surface area contributed by atoms with Gasteiger partial charge in [-0.15, -0.1) is 11.3 Å². The van der Waals surface area contributed by atoms with Crippen molar-refractivity contribution < 1.29 is 0 Å². The third-order valence-electron chi connectivity index (χ3n) is 4.48. The SMILES string of the molecule is C=C/C=C(\C=C/C)c1nc2cnc(NCCc3cccs3)nc2n1C1CC1. The van der Waals surface area contributed by atoms with Gasteiger partial charge in [0.1, 0.15) is 11.3 Å². The maximum absolute atomic E-state index is 4.82. The number of thiophene rings is 1. The highest BCUT2D eigenvalue weighted by molar-refractivity contribution is 7.09. The number of allylic oxidation sites excluding steroid dienone is 5. The average Bonchev–Trinajstić information content (AvgIpc) is 3.24. The lowest BCUT2D eigenvalue weighted by molar-refractivity contribution is 0.745. The molecule has 0 spiro atoms. The van der Waals surface area contributed by atoms with Gasteiger partial charge in [-0.05, 0) is 37.6 Å². The Hall–Kier alpha value is -2.73. The monoisotopic (exact) mass is 377 g/mol. The molecule has 1 fully saturated rings. The van der Waals surface area contributed by atoms with Crippen LogP contribution in [-0.4, -0.2) is 26.1 Å². The Morgan fingerprint density at radius 3 is 3.00 bits per heavy atom. The lowest BCUT2D eigenvalue weighted by Crippen LogP contribution is -2.08. The highest BCUT2D eigenvalue weighted by Gasteiger charge is 2.29. The van der Waals surface area contributed by atoms with Gasteiger partial charge < -0.3 is 9.88 Å². The molecule has 1 N–H and O–H groups in total. The average molecular weight is 378 g/mol. The Morgan fingerprint density at radius 2 is 2.30 bits per heavy atom. The van der Waals surface area contributed by atoms with Gasteiger partial charge in [0.25, 0.3) is 0 Å². The number of rotatable bonds is 8. The standard InChI is InChI=1S/C21H23N5S/c1-3-6-15(7-4-2)19-24-18-14-23-21(22-12-11-17-8-5-13-27-17)25-20(18)26(19)16-9-10-16/h3-8,13-14,16H,1,9-12H2,2H3,(H,22,23,25)/b7-4-,15-6+. The molecule has 0 amide bonds. The van der Waals surface area contributed by atoms with E-state index >= 15 is 0 Å². The van der Waals surface area contributed by atoms with Crippen LogP contribution in [0.4, 0.5) is 5.95 Å². The van der Waals surface area contributed by atoms with E-state index in [4.69, 9.17) is 9.97 Å². The van der Waals surface area contributed by atoms with E-state index in [1.54, 1.807) is 17.4 Å². The first-order valence-electron chi connectivity index (χ1n) is 9.27. The zero-order valence-electron chi connectivity index (χ0n) is 15.4. The Balaban J connectivity index is 1.65. The second kappa shape index (κ2) is 7.88. The second-order valence-electron chi connectivity index (χ2n) is 6.55. The van der Waals surface area contributed by atoms with Crippen LogP contribution in [0.2, 0.25) is 0 Å². The minimum atomic E-state index is 0.470.